The Labute approximate surface area is 154 Å². The number of ether oxygens (including phenoxy) is 1. The molecule has 2 heterocycles. The molecule has 1 aliphatic heterocycles. The summed E-state index contributed by atoms with van der Waals surface area (Å²) >= 11 is 0. The van der Waals surface area contributed by atoms with Crippen molar-refractivity contribution in [2.24, 2.45) is 0 Å². The van der Waals surface area contributed by atoms with Crippen molar-refractivity contribution < 1.29 is 9.53 Å². The number of rotatable bonds is 3. The molecule has 3 aromatic rings. The van der Waals surface area contributed by atoms with Crippen LogP contribution >= 0.6 is 0 Å². The number of amides is 1. The van der Waals surface area contributed by atoms with Crippen molar-refractivity contribution in [3.05, 3.63) is 71.9 Å². The standard InChI is InChI=1S/C22H24N2O2/c1-16(2)24-11-10-18-14-19(8-9-20(18)24)22(25)23-12-13-26-21(15-23)17-6-4-3-5-7-17/h3-11,14,16,21H,12-13,15H2,1-2H3/t21-/m0/s1. The number of carbonyl (C=O) groups excluding carboxylic acids is 1. The van der Waals surface area contributed by atoms with Gasteiger partial charge in [0.15, 0.2) is 0 Å². The Bertz CT molecular complexity index is 914. The first kappa shape index (κ1) is 16.9. The monoisotopic (exact) mass is 348 g/mol. The molecule has 134 valence electrons. The first-order chi connectivity index (χ1) is 12.6. The van der Waals surface area contributed by atoms with Crippen LogP contribution in [0.1, 0.15) is 41.9 Å². The molecule has 0 N–H and O–H groups in total. The third-order valence-corrected chi connectivity index (χ3v) is 5.05. The van der Waals surface area contributed by atoms with Crippen LogP contribution in [0.2, 0.25) is 0 Å². The molecule has 1 aliphatic rings. The number of carbonyl (C=O) groups is 1. The third-order valence-electron chi connectivity index (χ3n) is 5.05. The molecule has 1 fully saturated rings. The maximum absolute atomic E-state index is 13.0. The smallest absolute Gasteiger partial charge is 0.254 e. The minimum Gasteiger partial charge on any atom is -0.370 e. The summed E-state index contributed by atoms with van der Waals surface area (Å²) in [6, 6.07) is 18.6. The van der Waals surface area contributed by atoms with E-state index in [-0.39, 0.29) is 12.0 Å². The lowest BCUT2D eigenvalue weighted by molar-refractivity contribution is -0.0228. The largest absolute Gasteiger partial charge is 0.370 e. The van der Waals surface area contributed by atoms with E-state index in [1.165, 1.54) is 5.52 Å². The van der Waals surface area contributed by atoms with Crippen molar-refractivity contribution in [1.29, 1.82) is 0 Å². The molecule has 4 heteroatoms. The highest BCUT2D eigenvalue weighted by molar-refractivity contribution is 5.98. The zero-order valence-electron chi connectivity index (χ0n) is 15.3. The molecule has 1 amide bonds. The van der Waals surface area contributed by atoms with Crippen molar-refractivity contribution >= 4 is 16.8 Å². The van der Waals surface area contributed by atoms with Gasteiger partial charge in [0.05, 0.1) is 13.2 Å². The van der Waals surface area contributed by atoms with Gasteiger partial charge in [-0.1, -0.05) is 30.3 Å². The van der Waals surface area contributed by atoms with Gasteiger partial charge in [0.2, 0.25) is 0 Å². The highest BCUT2D eigenvalue weighted by Crippen LogP contribution is 2.25. The van der Waals surface area contributed by atoms with Crippen LogP contribution in [0.5, 0.6) is 0 Å². The van der Waals surface area contributed by atoms with Crippen LogP contribution < -0.4 is 0 Å². The molecule has 0 saturated carbocycles. The molecule has 0 bridgehead atoms. The van der Waals surface area contributed by atoms with Gasteiger partial charge in [-0.15, -0.1) is 0 Å². The number of hydrogen-bond acceptors (Lipinski definition) is 2. The van der Waals surface area contributed by atoms with E-state index >= 15 is 0 Å². The molecule has 0 unspecified atom stereocenters. The maximum atomic E-state index is 13.0. The molecule has 1 saturated heterocycles. The van der Waals surface area contributed by atoms with Crippen molar-refractivity contribution in [2.75, 3.05) is 19.7 Å². The van der Waals surface area contributed by atoms with E-state index in [0.29, 0.717) is 25.7 Å². The number of morpholine rings is 1. The molecule has 0 spiro atoms. The minimum absolute atomic E-state index is 0.0559. The zero-order chi connectivity index (χ0) is 18.1. The molecule has 4 rings (SSSR count). The summed E-state index contributed by atoms with van der Waals surface area (Å²) in [5.41, 5.74) is 3.03. The zero-order valence-corrected chi connectivity index (χ0v) is 15.3. The van der Waals surface area contributed by atoms with Crippen molar-refractivity contribution in [2.45, 2.75) is 26.0 Å². The predicted molar refractivity (Wildman–Crippen MR) is 103 cm³/mol. The van der Waals surface area contributed by atoms with Crippen molar-refractivity contribution in [1.82, 2.24) is 9.47 Å². The molecular weight excluding hydrogens is 324 g/mol. The van der Waals surface area contributed by atoms with Gasteiger partial charge in [0.1, 0.15) is 6.10 Å². The summed E-state index contributed by atoms with van der Waals surface area (Å²) in [7, 11) is 0. The summed E-state index contributed by atoms with van der Waals surface area (Å²) in [5, 5.41) is 1.11. The fraction of sp³-hybridized carbons (Fsp3) is 0.318. The van der Waals surface area contributed by atoms with E-state index in [1.807, 2.05) is 35.2 Å². The summed E-state index contributed by atoms with van der Waals surface area (Å²) in [5.74, 6) is 0.0772. The van der Waals surface area contributed by atoms with Crippen molar-refractivity contribution in [3.8, 4) is 0 Å². The Kier molecular flexibility index (Phi) is 4.51. The topological polar surface area (TPSA) is 34.5 Å². The third kappa shape index (κ3) is 3.13. The van der Waals surface area contributed by atoms with Gasteiger partial charge in [-0.25, -0.2) is 0 Å². The van der Waals surface area contributed by atoms with E-state index in [4.69, 9.17) is 4.74 Å². The summed E-state index contributed by atoms with van der Waals surface area (Å²) in [6.45, 7) is 6.12. The molecule has 0 radical (unpaired) electrons. The van der Waals surface area contributed by atoms with E-state index in [9.17, 15) is 4.79 Å². The SMILES string of the molecule is CC(C)n1ccc2cc(C(=O)N3CCO[C@H](c4ccccc4)C3)ccc21. The molecular formula is C22H24N2O2. The highest BCUT2D eigenvalue weighted by atomic mass is 16.5. The maximum Gasteiger partial charge on any atom is 0.254 e. The summed E-state index contributed by atoms with van der Waals surface area (Å²) in [4.78, 5) is 14.9. The Morgan fingerprint density at radius 1 is 1.12 bits per heavy atom. The lowest BCUT2D eigenvalue weighted by Gasteiger charge is -2.33. The second kappa shape index (κ2) is 6.96. The lowest BCUT2D eigenvalue weighted by atomic mass is 10.1. The first-order valence-corrected chi connectivity index (χ1v) is 9.20. The second-order valence-electron chi connectivity index (χ2n) is 7.11. The second-order valence-corrected chi connectivity index (χ2v) is 7.11. The van der Waals surface area contributed by atoms with E-state index in [1.54, 1.807) is 0 Å². The van der Waals surface area contributed by atoms with Gasteiger partial charge < -0.3 is 14.2 Å². The molecule has 2 aromatic carbocycles. The molecule has 0 aliphatic carbocycles. The fourth-order valence-electron chi connectivity index (χ4n) is 3.63. The van der Waals surface area contributed by atoms with Gasteiger partial charge in [0, 0.05) is 35.2 Å². The van der Waals surface area contributed by atoms with Gasteiger partial charge in [-0.05, 0) is 43.7 Å². The van der Waals surface area contributed by atoms with Crippen LogP contribution in [0.4, 0.5) is 0 Å². The van der Waals surface area contributed by atoms with Crippen LogP contribution in [-0.4, -0.2) is 35.1 Å². The number of benzene rings is 2. The quantitative estimate of drug-likeness (QED) is 0.701. The van der Waals surface area contributed by atoms with E-state index in [2.05, 4.69) is 48.9 Å². The Morgan fingerprint density at radius 2 is 1.92 bits per heavy atom. The van der Waals surface area contributed by atoms with Gasteiger partial charge in [0.25, 0.3) is 5.91 Å². The molecule has 4 nitrogen and oxygen atoms in total. The van der Waals surface area contributed by atoms with Gasteiger partial charge >= 0.3 is 0 Å². The summed E-state index contributed by atoms with van der Waals surface area (Å²) in [6.07, 6.45) is 2.03. The van der Waals surface area contributed by atoms with E-state index in [0.717, 1.165) is 16.5 Å². The summed E-state index contributed by atoms with van der Waals surface area (Å²) < 4.78 is 8.11. The molecule has 1 aromatic heterocycles. The Hall–Kier alpha value is -2.59. The number of hydrogen-bond donors (Lipinski definition) is 0. The molecule has 26 heavy (non-hydrogen) atoms. The Balaban J connectivity index is 1.56. The van der Waals surface area contributed by atoms with Gasteiger partial charge in [-0.3, -0.25) is 4.79 Å². The predicted octanol–water partition coefficient (Wildman–Crippen LogP) is 4.44. The normalized spacial score (nSPS) is 17.8. The van der Waals surface area contributed by atoms with Crippen LogP contribution in [0.3, 0.4) is 0 Å². The van der Waals surface area contributed by atoms with Crippen LogP contribution in [0.25, 0.3) is 10.9 Å². The van der Waals surface area contributed by atoms with Gasteiger partial charge in [-0.2, -0.15) is 0 Å². The lowest BCUT2D eigenvalue weighted by Crippen LogP contribution is -2.42. The minimum atomic E-state index is -0.0559. The average Bonchev–Trinajstić information content (AvgIpc) is 3.12. The highest BCUT2D eigenvalue weighted by Gasteiger charge is 2.26. The fourth-order valence-corrected chi connectivity index (χ4v) is 3.63. The Morgan fingerprint density at radius 3 is 2.69 bits per heavy atom. The van der Waals surface area contributed by atoms with Crippen LogP contribution in [-0.2, 0) is 4.74 Å². The van der Waals surface area contributed by atoms with Crippen LogP contribution in [0.15, 0.2) is 60.8 Å². The molecule has 1 atom stereocenters. The van der Waals surface area contributed by atoms with E-state index < -0.39 is 0 Å². The first-order valence-electron chi connectivity index (χ1n) is 9.20. The average molecular weight is 348 g/mol. The number of fused-ring (bicyclic) bond motifs is 1. The van der Waals surface area contributed by atoms with Crippen molar-refractivity contribution in [3.63, 3.8) is 0 Å². The van der Waals surface area contributed by atoms with Crippen LogP contribution in [0, 0.1) is 0 Å². The number of nitrogens with zero attached hydrogens (tertiary/aromatic N) is 2. The number of aromatic nitrogens is 1.